The van der Waals surface area contributed by atoms with Crippen LogP contribution in [-0.4, -0.2) is 39.1 Å². The van der Waals surface area contributed by atoms with Gasteiger partial charge in [0, 0.05) is 30.0 Å². The molecule has 3 amide bonds. The number of carbonyl (C=O) groups is 3. The Morgan fingerprint density at radius 2 is 1.88 bits per heavy atom. The van der Waals surface area contributed by atoms with Crippen molar-refractivity contribution in [1.82, 2.24) is 15.2 Å². The predicted molar refractivity (Wildman–Crippen MR) is 122 cm³/mol. The molecule has 0 saturated heterocycles. The Labute approximate surface area is 193 Å². The topological polar surface area (TPSA) is 123 Å². The average molecular weight is 465 g/mol. The number of hydrogen-bond donors (Lipinski definition) is 1. The first-order valence-corrected chi connectivity index (χ1v) is 11.2. The van der Waals surface area contributed by atoms with Crippen LogP contribution < -0.4 is 5.32 Å². The van der Waals surface area contributed by atoms with Gasteiger partial charge in [-0.1, -0.05) is 30.3 Å². The zero-order chi connectivity index (χ0) is 23.5. The second-order valence-corrected chi connectivity index (χ2v) is 8.42. The number of benzene rings is 2. The number of thiazole rings is 1. The van der Waals surface area contributed by atoms with Gasteiger partial charge in [0.25, 0.3) is 17.5 Å². The third-order valence-electron chi connectivity index (χ3n) is 5.35. The van der Waals surface area contributed by atoms with Gasteiger partial charge in [0.15, 0.2) is 0 Å². The van der Waals surface area contributed by atoms with E-state index in [2.05, 4.69) is 10.3 Å². The van der Waals surface area contributed by atoms with Gasteiger partial charge in [-0.25, -0.2) is 4.98 Å². The maximum absolute atomic E-state index is 12.6. The molecule has 0 unspecified atom stereocenters. The van der Waals surface area contributed by atoms with Gasteiger partial charge in [0.1, 0.15) is 10.6 Å². The maximum atomic E-state index is 12.6. The highest BCUT2D eigenvalue weighted by Crippen LogP contribution is 2.31. The molecule has 1 aliphatic rings. The van der Waals surface area contributed by atoms with Gasteiger partial charge in [0.05, 0.1) is 22.7 Å². The standard InChI is InChI=1S/C23H20N4O5S/c1-14-6-2-3-7-16(14)21-25-15(13-33-21)12-24-19(28)10-5-11-26-22(29)17-8-4-9-18(27(31)32)20(17)23(26)30/h2-4,6-9,13H,5,10-12H2,1H3,(H,24,28). The number of imide groups is 1. The van der Waals surface area contributed by atoms with Crippen LogP contribution in [-0.2, 0) is 11.3 Å². The Bertz CT molecular complexity index is 1270. The molecule has 1 aromatic heterocycles. The monoisotopic (exact) mass is 464 g/mol. The predicted octanol–water partition coefficient (Wildman–Crippen LogP) is 3.72. The van der Waals surface area contributed by atoms with Crippen LogP contribution in [0.1, 0.15) is 44.8 Å². The van der Waals surface area contributed by atoms with Crippen molar-refractivity contribution in [2.24, 2.45) is 0 Å². The highest BCUT2D eigenvalue weighted by Gasteiger charge is 2.40. The maximum Gasteiger partial charge on any atom is 0.282 e. The van der Waals surface area contributed by atoms with E-state index in [1.54, 1.807) is 0 Å². The summed E-state index contributed by atoms with van der Waals surface area (Å²) in [5.74, 6) is -1.51. The molecule has 2 aromatic carbocycles. The summed E-state index contributed by atoms with van der Waals surface area (Å²) in [5, 5.41) is 16.8. The number of nitrogens with one attached hydrogen (secondary N) is 1. The SMILES string of the molecule is Cc1ccccc1-c1nc(CNC(=O)CCCN2C(=O)c3cccc([N+](=O)[O-])c3C2=O)cs1. The number of nitrogens with zero attached hydrogens (tertiary/aromatic N) is 3. The third-order valence-corrected chi connectivity index (χ3v) is 6.28. The summed E-state index contributed by atoms with van der Waals surface area (Å²) >= 11 is 1.51. The smallest absolute Gasteiger partial charge is 0.282 e. The number of amides is 3. The first-order valence-electron chi connectivity index (χ1n) is 10.3. The quantitative estimate of drug-likeness (QED) is 0.308. The van der Waals surface area contributed by atoms with Crippen LogP contribution in [0.15, 0.2) is 47.8 Å². The van der Waals surface area contributed by atoms with Crippen molar-refractivity contribution in [2.75, 3.05) is 6.54 Å². The summed E-state index contributed by atoms with van der Waals surface area (Å²) in [4.78, 5) is 53.3. The van der Waals surface area contributed by atoms with Gasteiger partial charge >= 0.3 is 0 Å². The van der Waals surface area contributed by atoms with Gasteiger partial charge < -0.3 is 5.32 Å². The molecule has 10 heteroatoms. The van der Waals surface area contributed by atoms with E-state index in [-0.39, 0.29) is 48.7 Å². The molecule has 0 saturated carbocycles. The number of nitro groups is 1. The van der Waals surface area contributed by atoms with E-state index in [4.69, 9.17) is 0 Å². The molecule has 0 bridgehead atoms. The van der Waals surface area contributed by atoms with Crippen molar-refractivity contribution in [3.63, 3.8) is 0 Å². The number of nitro benzene ring substituents is 1. The van der Waals surface area contributed by atoms with Crippen LogP contribution >= 0.6 is 11.3 Å². The van der Waals surface area contributed by atoms with Gasteiger partial charge in [0.2, 0.25) is 5.91 Å². The number of aromatic nitrogens is 1. The van der Waals surface area contributed by atoms with Crippen molar-refractivity contribution >= 4 is 34.7 Å². The first-order chi connectivity index (χ1) is 15.9. The Balaban J connectivity index is 1.29. The molecular formula is C23H20N4O5S. The number of aryl methyl sites for hydroxylation is 1. The molecule has 0 spiro atoms. The van der Waals surface area contributed by atoms with E-state index in [9.17, 15) is 24.5 Å². The molecule has 33 heavy (non-hydrogen) atoms. The lowest BCUT2D eigenvalue weighted by atomic mass is 10.1. The van der Waals surface area contributed by atoms with E-state index in [1.165, 1.54) is 29.5 Å². The fraction of sp³-hybridized carbons (Fsp3) is 0.217. The molecular weight excluding hydrogens is 444 g/mol. The van der Waals surface area contributed by atoms with Crippen LogP contribution in [0.3, 0.4) is 0 Å². The first kappa shape index (κ1) is 22.3. The minimum absolute atomic E-state index is 0.00501. The highest BCUT2D eigenvalue weighted by molar-refractivity contribution is 7.13. The van der Waals surface area contributed by atoms with E-state index in [1.807, 2.05) is 36.6 Å². The second kappa shape index (κ2) is 9.29. The third kappa shape index (κ3) is 4.51. The normalized spacial score (nSPS) is 12.7. The molecule has 1 N–H and O–H groups in total. The number of carbonyl (C=O) groups excluding carboxylic acids is 3. The van der Waals surface area contributed by atoms with Crippen molar-refractivity contribution in [2.45, 2.75) is 26.3 Å². The summed E-state index contributed by atoms with van der Waals surface area (Å²) in [7, 11) is 0. The summed E-state index contributed by atoms with van der Waals surface area (Å²) in [6.07, 6.45) is 0.348. The van der Waals surface area contributed by atoms with E-state index < -0.39 is 16.7 Å². The van der Waals surface area contributed by atoms with Crippen LogP contribution in [0.5, 0.6) is 0 Å². The van der Waals surface area contributed by atoms with Crippen molar-refractivity contribution in [1.29, 1.82) is 0 Å². The number of hydrogen-bond acceptors (Lipinski definition) is 7. The molecule has 0 fully saturated rings. The molecule has 0 atom stereocenters. The average Bonchev–Trinajstić information content (AvgIpc) is 3.36. The molecule has 0 aliphatic carbocycles. The Morgan fingerprint density at radius 3 is 2.64 bits per heavy atom. The van der Waals surface area contributed by atoms with Crippen LogP contribution in [0.25, 0.3) is 10.6 Å². The zero-order valence-corrected chi connectivity index (χ0v) is 18.6. The van der Waals surface area contributed by atoms with Crippen molar-refractivity contribution in [3.8, 4) is 10.6 Å². The van der Waals surface area contributed by atoms with E-state index >= 15 is 0 Å². The molecule has 1 aliphatic heterocycles. The van der Waals surface area contributed by atoms with E-state index in [0.717, 1.165) is 26.7 Å². The lowest BCUT2D eigenvalue weighted by Gasteiger charge is -2.13. The molecule has 9 nitrogen and oxygen atoms in total. The van der Waals surface area contributed by atoms with Gasteiger partial charge in [-0.3, -0.25) is 29.4 Å². The summed E-state index contributed by atoms with van der Waals surface area (Å²) in [5.41, 5.74) is 2.37. The molecule has 4 rings (SSSR count). The van der Waals surface area contributed by atoms with Gasteiger partial charge in [-0.05, 0) is 25.0 Å². The molecule has 168 valence electrons. The van der Waals surface area contributed by atoms with Crippen molar-refractivity contribution in [3.05, 3.63) is 80.3 Å². The fourth-order valence-electron chi connectivity index (χ4n) is 3.67. The number of fused-ring (bicyclic) bond motifs is 1. The molecule has 2 heterocycles. The second-order valence-electron chi connectivity index (χ2n) is 7.56. The number of rotatable bonds is 8. The fourth-order valence-corrected chi connectivity index (χ4v) is 4.58. The Kier molecular flexibility index (Phi) is 6.27. The van der Waals surface area contributed by atoms with Crippen LogP contribution in [0, 0.1) is 17.0 Å². The van der Waals surface area contributed by atoms with Gasteiger partial charge in [-0.2, -0.15) is 0 Å². The van der Waals surface area contributed by atoms with Crippen LogP contribution in [0.2, 0.25) is 0 Å². The highest BCUT2D eigenvalue weighted by atomic mass is 32.1. The lowest BCUT2D eigenvalue weighted by molar-refractivity contribution is -0.385. The molecule has 3 aromatic rings. The summed E-state index contributed by atoms with van der Waals surface area (Å²) in [6, 6.07) is 11.9. The Hall–Kier alpha value is -3.92. The van der Waals surface area contributed by atoms with E-state index in [0.29, 0.717) is 0 Å². The lowest BCUT2D eigenvalue weighted by Crippen LogP contribution is -2.32. The summed E-state index contributed by atoms with van der Waals surface area (Å²) in [6.45, 7) is 2.30. The molecule has 0 radical (unpaired) electrons. The largest absolute Gasteiger partial charge is 0.350 e. The Morgan fingerprint density at radius 1 is 1.12 bits per heavy atom. The summed E-state index contributed by atoms with van der Waals surface area (Å²) < 4.78 is 0. The van der Waals surface area contributed by atoms with Gasteiger partial charge in [-0.15, -0.1) is 11.3 Å². The van der Waals surface area contributed by atoms with Crippen molar-refractivity contribution < 1.29 is 19.3 Å². The zero-order valence-electron chi connectivity index (χ0n) is 17.7. The minimum Gasteiger partial charge on any atom is -0.350 e. The van der Waals surface area contributed by atoms with Crippen LogP contribution in [0.4, 0.5) is 5.69 Å². The minimum atomic E-state index is -0.700.